The Kier molecular flexibility index (Phi) is 4.23. The van der Waals surface area contributed by atoms with Crippen LogP contribution >= 0.6 is 0 Å². The molecule has 1 aliphatic heterocycles. The van der Waals surface area contributed by atoms with E-state index < -0.39 is 9.84 Å². The summed E-state index contributed by atoms with van der Waals surface area (Å²) < 4.78 is 22.7. The van der Waals surface area contributed by atoms with Gasteiger partial charge in [0.1, 0.15) is 21.5 Å². The predicted molar refractivity (Wildman–Crippen MR) is 76.1 cm³/mol. The maximum Gasteiger partial charge on any atom is 0.166 e. The van der Waals surface area contributed by atoms with Gasteiger partial charge in [0.15, 0.2) is 5.82 Å². The zero-order chi connectivity index (χ0) is 14.8. The van der Waals surface area contributed by atoms with Crippen molar-refractivity contribution in [1.29, 1.82) is 5.26 Å². The Morgan fingerprint density at radius 2 is 1.95 bits per heavy atom. The Bertz CT molecular complexity index is 635. The van der Waals surface area contributed by atoms with E-state index in [2.05, 4.69) is 21.6 Å². The van der Waals surface area contributed by atoms with Gasteiger partial charge in [-0.15, -0.1) is 5.10 Å². The van der Waals surface area contributed by atoms with Gasteiger partial charge in [0.25, 0.3) is 0 Å². The third-order valence-electron chi connectivity index (χ3n) is 3.80. The summed E-state index contributed by atoms with van der Waals surface area (Å²) in [5, 5.41) is 20.4. The third-order valence-corrected chi connectivity index (χ3v) is 5.51. The van der Waals surface area contributed by atoms with E-state index in [1.807, 2.05) is 13.8 Å². The standard InChI is InChI=1S/C13H18N4O2S/c1-9-10(2)16-17-13(12(9)7-14)15-8-11-3-5-20(18,19)6-4-11/h11H,3-6,8H2,1-2H3,(H,15,17). The number of rotatable bonds is 3. The van der Waals surface area contributed by atoms with Crippen molar-refractivity contribution in [2.24, 2.45) is 5.92 Å². The van der Waals surface area contributed by atoms with Gasteiger partial charge in [0.05, 0.1) is 17.2 Å². The van der Waals surface area contributed by atoms with Gasteiger partial charge in [-0.05, 0) is 38.2 Å². The second kappa shape index (κ2) is 5.75. The molecule has 108 valence electrons. The number of nitrogens with one attached hydrogen (secondary N) is 1. The first kappa shape index (κ1) is 14.7. The quantitative estimate of drug-likeness (QED) is 0.900. The van der Waals surface area contributed by atoms with Crippen LogP contribution in [0.15, 0.2) is 0 Å². The Morgan fingerprint density at radius 3 is 2.55 bits per heavy atom. The minimum absolute atomic E-state index is 0.253. The van der Waals surface area contributed by atoms with Crippen molar-refractivity contribution in [1.82, 2.24) is 10.2 Å². The normalized spacial score (nSPS) is 18.4. The van der Waals surface area contributed by atoms with Gasteiger partial charge in [-0.3, -0.25) is 0 Å². The maximum atomic E-state index is 11.4. The van der Waals surface area contributed by atoms with Crippen molar-refractivity contribution in [2.45, 2.75) is 26.7 Å². The predicted octanol–water partition coefficient (Wildman–Crippen LogP) is 1.20. The maximum absolute atomic E-state index is 11.4. The Hall–Kier alpha value is -1.68. The molecule has 0 amide bonds. The van der Waals surface area contributed by atoms with E-state index in [0.29, 0.717) is 36.7 Å². The summed E-state index contributed by atoms with van der Waals surface area (Å²) in [4.78, 5) is 0. The highest BCUT2D eigenvalue weighted by atomic mass is 32.2. The van der Waals surface area contributed by atoms with Crippen LogP contribution in [0, 0.1) is 31.1 Å². The fourth-order valence-electron chi connectivity index (χ4n) is 2.25. The average Bonchev–Trinajstić information content (AvgIpc) is 2.41. The van der Waals surface area contributed by atoms with Crippen molar-refractivity contribution < 1.29 is 8.42 Å². The lowest BCUT2D eigenvalue weighted by Gasteiger charge is -2.22. The summed E-state index contributed by atoms with van der Waals surface area (Å²) in [5.41, 5.74) is 2.09. The van der Waals surface area contributed by atoms with E-state index in [0.717, 1.165) is 11.3 Å². The molecule has 0 saturated carbocycles. The third kappa shape index (κ3) is 3.25. The van der Waals surface area contributed by atoms with Crippen LogP contribution in [-0.2, 0) is 9.84 Å². The number of nitriles is 1. The van der Waals surface area contributed by atoms with Gasteiger partial charge >= 0.3 is 0 Å². The molecule has 2 rings (SSSR count). The lowest BCUT2D eigenvalue weighted by molar-refractivity contribution is 0.484. The Morgan fingerprint density at radius 1 is 1.30 bits per heavy atom. The molecule has 0 bridgehead atoms. The number of sulfone groups is 1. The van der Waals surface area contributed by atoms with E-state index in [4.69, 9.17) is 0 Å². The van der Waals surface area contributed by atoms with Crippen molar-refractivity contribution in [3.63, 3.8) is 0 Å². The van der Waals surface area contributed by atoms with Gasteiger partial charge in [0.2, 0.25) is 0 Å². The van der Waals surface area contributed by atoms with Crippen LogP contribution < -0.4 is 5.32 Å². The lowest BCUT2D eigenvalue weighted by Crippen LogP contribution is -2.28. The van der Waals surface area contributed by atoms with Gasteiger partial charge in [-0.1, -0.05) is 0 Å². The first-order chi connectivity index (χ1) is 9.43. The Balaban J connectivity index is 2.02. The fourth-order valence-corrected chi connectivity index (χ4v) is 3.84. The molecule has 0 aromatic carbocycles. The van der Waals surface area contributed by atoms with Gasteiger partial charge in [-0.2, -0.15) is 10.4 Å². The SMILES string of the molecule is Cc1nnc(NCC2CCS(=O)(=O)CC2)c(C#N)c1C. The average molecular weight is 294 g/mol. The van der Waals surface area contributed by atoms with Crippen molar-refractivity contribution >= 4 is 15.7 Å². The van der Waals surface area contributed by atoms with E-state index in [-0.39, 0.29) is 11.5 Å². The summed E-state index contributed by atoms with van der Waals surface area (Å²) in [5.74, 6) is 1.30. The molecule has 6 nitrogen and oxygen atoms in total. The van der Waals surface area contributed by atoms with Crippen LogP contribution in [0.5, 0.6) is 0 Å². The number of hydrogen-bond donors (Lipinski definition) is 1. The molecular formula is C13H18N4O2S. The van der Waals surface area contributed by atoms with Crippen molar-refractivity contribution in [3.05, 3.63) is 16.8 Å². The summed E-state index contributed by atoms with van der Waals surface area (Å²) in [7, 11) is -2.83. The van der Waals surface area contributed by atoms with Gasteiger partial charge in [-0.25, -0.2) is 8.42 Å². The largest absolute Gasteiger partial charge is 0.367 e. The highest BCUT2D eigenvalue weighted by Gasteiger charge is 2.23. The van der Waals surface area contributed by atoms with E-state index >= 15 is 0 Å². The van der Waals surface area contributed by atoms with E-state index in [1.54, 1.807) is 0 Å². The number of aryl methyl sites for hydroxylation is 1. The first-order valence-electron chi connectivity index (χ1n) is 6.61. The summed E-state index contributed by atoms with van der Waals surface area (Å²) in [6, 6.07) is 2.14. The molecule has 2 heterocycles. The lowest BCUT2D eigenvalue weighted by atomic mass is 10.0. The highest BCUT2D eigenvalue weighted by Crippen LogP contribution is 2.21. The van der Waals surface area contributed by atoms with Crippen LogP contribution in [0.2, 0.25) is 0 Å². The molecule has 0 aliphatic carbocycles. The molecule has 20 heavy (non-hydrogen) atoms. The minimum Gasteiger partial charge on any atom is -0.367 e. The Labute approximate surface area is 119 Å². The molecule has 1 N–H and O–H groups in total. The number of nitrogens with zero attached hydrogens (tertiary/aromatic N) is 3. The van der Waals surface area contributed by atoms with Crippen molar-refractivity contribution in [2.75, 3.05) is 23.4 Å². The van der Waals surface area contributed by atoms with Crippen molar-refractivity contribution in [3.8, 4) is 6.07 Å². The highest BCUT2D eigenvalue weighted by molar-refractivity contribution is 7.91. The molecular weight excluding hydrogens is 276 g/mol. The van der Waals surface area contributed by atoms with Crippen LogP contribution in [0.4, 0.5) is 5.82 Å². The molecule has 0 unspecified atom stereocenters. The molecule has 0 radical (unpaired) electrons. The molecule has 0 spiro atoms. The second-order valence-electron chi connectivity index (χ2n) is 5.22. The van der Waals surface area contributed by atoms with Gasteiger partial charge in [0, 0.05) is 6.54 Å². The summed E-state index contributed by atoms with van der Waals surface area (Å²) >= 11 is 0. The first-order valence-corrected chi connectivity index (χ1v) is 8.43. The molecule has 1 saturated heterocycles. The topological polar surface area (TPSA) is 95.7 Å². The fraction of sp³-hybridized carbons (Fsp3) is 0.615. The number of aromatic nitrogens is 2. The van der Waals surface area contributed by atoms with E-state index in [1.165, 1.54) is 0 Å². The molecule has 0 atom stereocenters. The molecule has 7 heteroatoms. The second-order valence-corrected chi connectivity index (χ2v) is 7.53. The molecule has 1 aromatic heterocycles. The van der Waals surface area contributed by atoms with Crippen LogP contribution in [0.1, 0.15) is 29.7 Å². The number of anilines is 1. The minimum atomic E-state index is -2.83. The molecule has 1 fully saturated rings. The van der Waals surface area contributed by atoms with Crippen LogP contribution in [0.3, 0.4) is 0 Å². The smallest absolute Gasteiger partial charge is 0.166 e. The zero-order valence-electron chi connectivity index (χ0n) is 11.7. The van der Waals surface area contributed by atoms with Gasteiger partial charge < -0.3 is 5.32 Å². The number of hydrogen-bond acceptors (Lipinski definition) is 6. The van der Waals surface area contributed by atoms with Crippen LogP contribution in [-0.4, -0.2) is 36.7 Å². The summed E-state index contributed by atoms with van der Waals surface area (Å²) in [6.07, 6.45) is 1.32. The monoisotopic (exact) mass is 294 g/mol. The van der Waals surface area contributed by atoms with E-state index in [9.17, 15) is 13.7 Å². The summed E-state index contributed by atoms with van der Waals surface area (Å²) in [6.45, 7) is 4.29. The zero-order valence-corrected chi connectivity index (χ0v) is 12.5. The molecule has 1 aromatic rings. The molecule has 1 aliphatic rings. The van der Waals surface area contributed by atoms with Crippen LogP contribution in [0.25, 0.3) is 0 Å².